The van der Waals surface area contributed by atoms with Gasteiger partial charge in [0.15, 0.2) is 0 Å². The molecule has 3 aromatic rings. The third-order valence-corrected chi connectivity index (χ3v) is 3.55. The molecule has 108 valence electrons. The van der Waals surface area contributed by atoms with E-state index in [1.165, 1.54) is 12.1 Å². The number of halogens is 1. The van der Waals surface area contributed by atoms with Crippen molar-refractivity contribution in [2.75, 3.05) is 0 Å². The molecule has 0 bridgehead atoms. The molecule has 2 aromatic carbocycles. The number of aromatic nitrogens is 2. The summed E-state index contributed by atoms with van der Waals surface area (Å²) in [7, 11) is 0. The zero-order valence-electron chi connectivity index (χ0n) is 12.2. The average molecular weight is 284 g/mol. The second-order valence-corrected chi connectivity index (χ2v) is 5.80. The number of aliphatic hydroxyl groups is 1. The van der Waals surface area contributed by atoms with Crippen molar-refractivity contribution < 1.29 is 9.50 Å². The van der Waals surface area contributed by atoms with Crippen molar-refractivity contribution >= 4 is 11.0 Å². The molecular weight excluding hydrogens is 267 g/mol. The minimum atomic E-state index is -1.04. The maximum absolute atomic E-state index is 13.6. The molecule has 0 saturated heterocycles. The van der Waals surface area contributed by atoms with Gasteiger partial charge in [-0.2, -0.15) is 0 Å². The number of imidazole rings is 1. The first-order valence-corrected chi connectivity index (χ1v) is 6.84. The van der Waals surface area contributed by atoms with Gasteiger partial charge in [0.25, 0.3) is 0 Å². The Morgan fingerprint density at radius 3 is 2.62 bits per heavy atom. The van der Waals surface area contributed by atoms with E-state index in [4.69, 9.17) is 0 Å². The minimum Gasteiger partial charge on any atom is -0.386 e. The number of fused-ring (bicyclic) bond motifs is 1. The molecule has 1 heterocycles. The number of hydrogen-bond donors (Lipinski definition) is 2. The molecule has 0 aliphatic rings. The number of H-pyrrole nitrogens is 1. The molecular formula is C17H17FN2O. The van der Waals surface area contributed by atoms with Gasteiger partial charge in [0.2, 0.25) is 0 Å². The van der Waals surface area contributed by atoms with E-state index in [-0.39, 0.29) is 5.82 Å². The van der Waals surface area contributed by atoms with E-state index in [1.807, 2.05) is 25.1 Å². The van der Waals surface area contributed by atoms with Gasteiger partial charge in [0, 0.05) is 0 Å². The van der Waals surface area contributed by atoms with Crippen LogP contribution in [0.4, 0.5) is 4.39 Å². The minimum absolute atomic E-state index is 0.323. The van der Waals surface area contributed by atoms with E-state index >= 15 is 0 Å². The fourth-order valence-corrected chi connectivity index (χ4v) is 2.59. The second-order valence-electron chi connectivity index (χ2n) is 5.80. The van der Waals surface area contributed by atoms with Crippen molar-refractivity contribution in [3.05, 3.63) is 53.6 Å². The number of rotatable bonds is 2. The standard InChI is InChI=1S/C17H17FN2O/c1-10-19-15-7-4-11(8-16(15)20-10)13-9-12(18)5-6-14(13)17(2,3)21/h4-9,21H,1-3H3,(H,19,20). The topological polar surface area (TPSA) is 48.9 Å². The van der Waals surface area contributed by atoms with Crippen LogP contribution in [-0.4, -0.2) is 15.1 Å². The SMILES string of the molecule is Cc1nc2cc(-c3cc(F)ccc3C(C)(C)O)ccc2[nH]1. The summed E-state index contributed by atoms with van der Waals surface area (Å²) in [4.78, 5) is 7.56. The van der Waals surface area contributed by atoms with Crippen LogP contribution in [0.25, 0.3) is 22.2 Å². The lowest BCUT2D eigenvalue weighted by Gasteiger charge is -2.22. The van der Waals surface area contributed by atoms with Crippen molar-refractivity contribution in [1.82, 2.24) is 9.97 Å². The van der Waals surface area contributed by atoms with Gasteiger partial charge in [-0.05, 0) is 61.7 Å². The van der Waals surface area contributed by atoms with Crippen LogP contribution in [0.2, 0.25) is 0 Å². The van der Waals surface area contributed by atoms with Crippen LogP contribution in [0.1, 0.15) is 25.2 Å². The summed E-state index contributed by atoms with van der Waals surface area (Å²) in [5.41, 5.74) is 2.94. The number of hydrogen-bond acceptors (Lipinski definition) is 2. The molecule has 0 aliphatic heterocycles. The largest absolute Gasteiger partial charge is 0.386 e. The van der Waals surface area contributed by atoms with E-state index in [0.29, 0.717) is 11.1 Å². The van der Waals surface area contributed by atoms with E-state index < -0.39 is 5.60 Å². The van der Waals surface area contributed by atoms with Gasteiger partial charge in [-0.3, -0.25) is 0 Å². The number of aromatic amines is 1. The summed E-state index contributed by atoms with van der Waals surface area (Å²) in [5.74, 6) is 0.514. The zero-order valence-corrected chi connectivity index (χ0v) is 12.2. The number of aryl methyl sites for hydroxylation is 1. The van der Waals surface area contributed by atoms with Crippen LogP contribution < -0.4 is 0 Å². The lowest BCUT2D eigenvalue weighted by molar-refractivity contribution is 0.0791. The monoisotopic (exact) mass is 284 g/mol. The van der Waals surface area contributed by atoms with Gasteiger partial charge in [-0.15, -0.1) is 0 Å². The first kappa shape index (κ1) is 13.8. The van der Waals surface area contributed by atoms with Gasteiger partial charge >= 0.3 is 0 Å². The Hall–Kier alpha value is -2.20. The van der Waals surface area contributed by atoms with E-state index in [9.17, 15) is 9.50 Å². The van der Waals surface area contributed by atoms with E-state index in [0.717, 1.165) is 22.4 Å². The highest BCUT2D eigenvalue weighted by Gasteiger charge is 2.21. The predicted octanol–water partition coefficient (Wildman–Crippen LogP) is 3.90. The number of benzene rings is 2. The molecule has 0 unspecified atom stereocenters. The average Bonchev–Trinajstić information content (AvgIpc) is 2.76. The molecule has 0 amide bonds. The maximum atomic E-state index is 13.6. The first-order chi connectivity index (χ1) is 9.84. The Kier molecular flexibility index (Phi) is 3.06. The first-order valence-electron chi connectivity index (χ1n) is 6.84. The van der Waals surface area contributed by atoms with Gasteiger partial charge in [0.05, 0.1) is 16.6 Å². The van der Waals surface area contributed by atoms with Crippen molar-refractivity contribution in [2.24, 2.45) is 0 Å². The van der Waals surface area contributed by atoms with Gasteiger partial charge in [-0.1, -0.05) is 12.1 Å². The summed E-state index contributed by atoms with van der Waals surface area (Å²) >= 11 is 0. The fraction of sp³-hybridized carbons (Fsp3) is 0.235. The van der Waals surface area contributed by atoms with Crippen LogP contribution in [0.15, 0.2) is 36.4 Å². The van der Waals surface area contributed by atoms with Crippen molar-refractivity contribution in [3.8, 4) is 11.1 Å². The lowest BCUT2D eigenvalue weighted by Crippen LogP contribution is -2.16. The Labute approximate surface area is 122 Å². The van der Waals surface area contributed by atoms with Crippen molar-refractivity contribution in [2.45, 2.75) is 26.4 Å². The molecule has 2 N–H and O–H groups in total. The van der Waals surface area contributed by atoms with Gasteiger partial charge in [0.1, 0.15) is 11.6 Å². The molecule has 0 atom stereocenters. The lowest BCUT2D eigenvalue weighted by atomic mass is 9.89. The summed E-state index contributed by atoms with van der Waals surface area (Å²) in [6.07, 6.45) is 0. The van der Waals surface area contributed by atoms with E-state index in [2.05, 4.69) is 9.97 Å². The molecule has 3 rings (SSSR count). The van der Waals surface area contributed by atoms with Crippen LogP contribution >= 0.6 is 0 Å². The maximum Gasteiger partial charge on any atom is 0.123 e. The Morgan fingerprint density at radius 1 is 1.14 bits per heavy atom. The predicted molar refractivity (Wildman–Crippen MR) is 81.5 cm³/mol. The highest BCUT2D eigenvalue weighted by Crippen LogP contribution is 2.33. The van der Waals surface area contributed by atoms with Crippen LogP contribution in [0.3, 0.4) is 0 Å². The summed E-state index contributed by atoms with van der Waals surface area (Å²) in [6.45, 7) is 5.28. The molecule has 0 saturated carbocycles. The Balaban J connectivity index is 2.23. The highest BCUT2D eigenvalue weighted by atomic mass is 19.1. The molecule has 4 heteroatoms. The molecule has 0 fully saturated rings. The molecule has 0 spiro atoms. The van der Waals surface area contributed by atoms with Crippen LogP contribution in [0, 0.1) is 12.7 Å². The molecule has 21 heavy (non-hydrogen) atoms. The Bertz CT molecular complexity index is 815. The van der Waals surface area contributed by atoms with Crippen molar-refractivity contribution in [3.63, 3.8) is 0 Å². The fourth-order valence-electron chi connectivity index (χ4n) is 2.59. The quantitative estimate of drug-likeness (QED) is 0.749. The normalized spacial score (nSPS) is 12.0. The molecule has 0 radical (unpaired) electrons. The molecule has 3 nitrogen and oxygen atoms in total. The Morgan fingerprint density at radius 2 is 1.90 bits per heavy atom. The summed E-state index contributed by atoms with van der Waals surface area (Å²) in [6, 6.07) is 10.2. The molecule has 1 aromatic heterocycles. The summed E-state index contributed by atoms with van der Waals surface area (Å²) in [5, 5.41) is 10.3. The smallest absolute Gasteiger partial charge is 0.123 e. The third-order valence-electron chi connectivity index (χ3n) is 3.55. The van der Waals surface area contributed by atoms with Crippen molar-refractivity contribution in [1.29, 1.82) is 0 Å². The van der Waals surface area contributed by atoms with Gasteiger partial charge in [-0.25, -0.2) is 9.37 Å². The van der Waals surface area contributed by atoms with Crippen LogP contribution in [0.5, 0.6) is 0 Å². The highest BCUT2D eigenvalue weighted by molar-refractivity contribution is 5.83. The third kappa shape index (κ3) is 2.54. The zero-order chi connectivity index (χ0) is 15.2. The number of nitrogens with one attached hydrogen (secondary N) is 1. The second kappa shape index (κ2) is 4.67. The summed E-state index contributed by atoms with van der Waals surface area (Å²) < 4.78 is 13.6. The van der Waals surface area contributed by atoms with E-state index in [1.54, 1.807) is 19.9 Å². The number of nitrogens with zero attached hydrogens (tertiary/aromatic N) is 1. The molecule has 0 aliphatic carbocycles. The van der Waals surface area contributed by atoms with Gasteiger partial charge < -0.3 is 10.1 Å². The van der Waals surface area contributed by atoms with Crippen LogP contribution in [-0.2, 0) is 5.60 Å².